The Morgan fingerprint density at radius 3 is 2.55 bits per heavy atom. The second-order valence-electron chi connectivity index (χ2n) is 5.66. The second-order valence-corrected chi connectivity index (χ2v) is 5.66. The Bertz CT molecular complexity index is 356. The Balaban J connectivity index is 1.85. The highest BCUT2D eigenvalue weighted by Gasteiger charge is 2.34. The Hall–Kier alpha value is -1.14. The van der Waals surface area contributed by atoms with E-state index in [0.717, 1.165) is 25.9 Å². The maximum absolute atomic E-state index is 12.3. The van der Waals surface area contributed by atoms with Gasteiger partial charge in [-0.1, -0.05) is 0 Å². The topological polar surface area (TPSA) is 70.7 Å². The normalized spacial score (nSPS) is 28.2. The fourth-order valence-corrected chi connectivity index (χ4v) is 2.87. The molecule has 6 heteroatoms. The molecule has 0 aromatic rings. The lowest BCUT2D eigenvalue weighted by Gasteiger charge is -2.30. The number of amides is 2. The van der Waals surface area contributed by atoms with Crippen molar-refractivity contribution in [2.45, 2.75) is 38.3 Å². The first-order valence-electron chi connectivity index (χ1n) is 7.47. The molecule has 3 unspecified atom stereocenters. The molecule has 2 aliphatic rings. The Morgan fingerprint density at radius 1 is 1.20 bits per heavy atom. The molecule has 0 aromatic heterocycles. The van der Waals surface area contributed by atoms with Crippen molar-refractivity contribution in [2.75, 3.05) is 33.4 Å². The van der Waals surface area contributed by atoms with Crippen molar-refractivity contribution < 1.29 is 14.3 Å². The third-order valence-electron chi connectivity index (χ3n) is 4.19. The van der Waals surface area contributed by atoms with Gasteiger partial charge < -0.3 is 20.3 Å². The third-order valence-corrected chi connectivity index (χ3v) is 4.19. The molecule has 6 nitrogen and oxygen atoms in total. The predicted molar refractivity (Wildman–Crippen MR) is 75.2 cm³/mol. The lowest BCUT2D eigenvalue weighted by molar-refractivity contribution is -0.137. The van der Waals surface area contributed by atoms with Crippen LogP contribution in [-0.2, 0) is 14.3 Å². The fraction of sp³-hybridized carbons (Fsp3) is 0.857. The van der Waals surface area contributed by atoms with Crippen LogP contribution in [0.5, 0.6) is 0 Å². The minimum absolute atomic E-state index is 0.0259. The van der Waals surface area contributed by atoms with Crippen LogP contribution in [0.2, 0.25) is 0 Å². The summed E-state index contributed by atoms with van der Waals surface area (Å²) < 4.78 is 5.32. The van der Waals surface area contributed by atoms with Gasteiger partial charge in [-0.2, -0.15) is 0 Å². The van der Waals surface area contributed by atoms with Crippen LogP contribution in [0.3, 0.4) is 0 Å². The van der Waals surface area contributed by atoms with Crippen LogP contribution in [0.15, 0.2) is 0 Å². The average molecular weight is 283 g/mol. The predicted octanol–water partition coefficient (Wildman–Crippen LogP) is -0.262. The monoisotopic (exact) mass is 283 g/mol. The molecule has 0 radical (unpaired) electrons. The molecule has 0 aliphatic carbocycles. The highest BCUT2D eigenvalue weighted by atomic mass is 16.5. The smallest absolute Gasteiger partial charge is 0.244 e. The molecule has 3 atom stereocenters. The second kappa shape index (κ2) is 7.04. The standard InChI is InChI=1S/C14H25N3O3/c1-10(14(19)17-6-4-3-5-7-17)16-13(18)11-8-20-9-12(11)15-2/h10-12,15H,3-9H2,1-2H3,(H,16,18). The summed E-state index contributed by atoms with van der Waals surface area (Å²) in [6.07, 6.45) is 3.31. The quantitative estimate of drug-likeness (QED) is 0.746. The molecule has 20 heavy (non-hydrogen) atoms. The maximum atomic E-state index is 12.3. The zero-order valence-corrected chi connectivity index (χ0v) is 12.4. The highest BCUT2D eigenvalue weighted by Crippen LogP contribution is 2.14. The van der Waals surface area contributed by atoms with E-state index in [1.165, 1.54) is 6.42 Å². The first-order valence-corrected chi connectivity index (χ1v) is 7.47. The third kappa shape index (κ3) is 3.49. The number of piperidine rings is 1. The molecule has 2 rings (SSSR count). The van der Waals surface area contributed by atoms with Crippen LogP contribution < -0.4 is 10.6 Å². The Labute approximate surface area is 120 Å². The lowest BCUT2D eigenvalue weighted by atomic mass is 10.0. The number of rotatable bonds is 4. The molecule has 2 fully saturated rings. The van der Waals surface area contributed by atoms with Gasteiger partial charge in [0, 0.05) is 19.1 Å². The molecular formula is C14H25N3O3. The van der Waals surface area contributed by atoms with Gasteiger partial charge in [-0.3, -0.25) is 9.59 Å². The minimum Gasteiger partial charge on any atom is -0.379 e. The number of ether oxygens (including phenoxy) is 1. The van der Waals surface area contributed by atoms with E-state index in [0.29, 0.717) is 13.2 Å². The van der Waals surface area contributed by atoms with Crippen molar-refractivity contribution >= 4 is 11.8 Å². The van der Waals surface area contributed by atoms with Crippen LogP contribution in [0, 0.1) is 5.92 Å². The van der Waals surface area contributed by atoms with E-state index in [2.05, 4.69) is 10.6 Å². The molecule has 0 aromatic carbocycles. The van der Waals surface area contributed by atoms with Crippen molar-refractivity contribution in [3.63, 3.8) is 0 Å². The summed E-state index contributed by atoms with van der Waals surface area (Å²) in [5.41, 5.74) is 0. The summed E-state index contributed by atoms with van der Waals surface area (Å²) in [5.74, 6) is -0.283. The SMILES string of the molecule is CNC1COCC1C(=O)NC(C)C(=O)N1CCCCC1. The van der Waals surface area contributed by atoms with Crippen LogP contribution >= 0.6 is 0 Å². The average Bonchev–Trinajstić information content (AvgIpc) is 2.95. The van der Waals surface area contributed by atoms with Gasteiger partial charge in [-0.25, -0.2) is 0 Å². The van der Waals surface area contributed by atoms with Crippen LogP contribution in [0.4, 0.5) is 0 Å². The van der Waals surface area contributed by atoms with E-state index in [4.69, 9.17) is 4.74 Å². The van der Waals surface area contributed by atoms with Crippen molar-refractivity contribution in [3.8, 4) is 0 Å². The van der Waals surface area contributed by atoms with Gasteiger partial charge >= 0.3 is 0 Å². The summed E-state index contributed by atoms with van der Waals surface area (Å²) in [4.78, 5) is 26.3. The van der Waals surface area contributed by atoms with Gasteiger partial charge in [0.2, 0.25) is 11.8 Å². The zero-order valence-electron chi connectivity index (χ0n) is 12.4. The highest BCUT2D eigenvalue weighted by molar-refractivity contribution is 5.88. The molecule has 0 bridgehead atoms. The van der Waals surface area contributed by atoms with Gasteiger partial charge in [0.05, 0.1) is 19.1 Å². The number of nitrogens with one attached hydrogen (secondary N) is 2. The molecule has 0 saturated carbocycles. The minimum atomic E-state index is -0.460. The number of nitrogens with zero attached hydrogens (tertiary/aromatic N) is 1. The Morgan fingerprint density at radius 2 is 1.90 bits per heavy atom. The summed E-state index contributed by atoms with van der Waals surface area (Å²) in [7, 11) is 1.82. The van der Waals surface area contributed by atoms with Crippen LogP contribution in [0.25, 0.3) is 0 Å². The van der Waals surface area contributed by atoms with Gasteiger partial charge in [-0.05, 0) is 33.2 Å². The van der Waals surface area contributed by atoms with E-state index >= 15 is 0 Å². The number of hydrogen-bond donors (Lipinski definition) is 2. The summed E-state index contributed by atoms with van der Waals surface area (Å²) in [5, 5.41) is 5.91. The number of carbonyl (C=O) groups is 2. The fourth-order valence-electron chi connectivity index (χ4n) is 2.87. The molecule has 0 spiro atoms. The van der Waals surface area contributed by atoms with E-state index in [1.54, 1.807) is 6.92 Å². The van der Waals surface area contributed by atoms with E-state index in [1.807, 2.05) is 11.9 Å². The van der Waals surface area contributed by atoms with Crippen LogP contribution in [-0.4, -0.2) is 62.1 Å². The van der Waals surface area contributed by atoms with Crippen molar-refractivity contribution in [1.82, 2.24) is 15.5 Å². The van der Waals surface area contributed by atoms with Gasteiger partial charge in [0.1, 0.15) is 6.04 Å². The van der Waals surface area contributed by atoms with E-state index in [-0.39, 0.29) is 23.8 Å². The summed E-state index contributed by atoms with van der Waals surface area (Å²) in [6, 6.07) is -0.425. The number of likely N-dealkylation sites (tertiary alicyclic amines) is 1. The van der Waals surface area contributed by atoms with Crippen molar-refractivity contribution in [3.05, 3.63) is 0 Å². The van der Waals surface area contributed by atoms with E-state index < -0.39 is 6.04 Å². The van der Waals surface area contributed by atoms with Gasteiger partial charge in [-0.15, -0.1) is 0 Å². The first kappa shape index (κ1) is 15.3. The van der Waals surface area contributed by atoms with Gasteiger partial charge in [0.15, 0.2) is 0 Å². The first-order chi connectivity index (χ1) is 9.63. The number of likely N-dealkylation sites (N-methyl/N-ethyl adjacent to an activating group) is 1. The van der Waals surface area contributed by atoms with Gasteiger partial charge in [0.25, 0.3) is 0 Å². The molecule has 2 heterocycles. The number of hydrogen-bond acceptors (Lipinski definition) is 4. The molecule has 2 aliphatic heterocycles. The van der Waals surface area contributed by atoms with Crippen LogP contribution in [0.1, 0.15) is 26.2 Å². The molecule has 2 saturated heterocycles. The molecule has 2 N–H and O–H groups in total. The molecule has 114 valence electrons. The lowest BCUT2D eigenvalue weighted by Crippen LogP contribution is -2.51. The summed E-state index contributed by atoms with van der Waals surface area (Å²) >= 11 is 0. The number of carbonyl (C=O) groups excluding carboxylic acids is 2. The van der Waals surface area contributed by atoms with E-state index in [9.17, 15) is 9.59 Å². The zero-order chi connectivity index (χ0) is 14.5. The van der Waals surface area contributed by atoms with Crippen molar-refractivity contribution in [2.24, 2.45) is 5.92 Å². The molecular weight excluding hydrogens is 258 g/mol. The summed E-state index contributed by atoms with van der Waals surface area (Å²) in [6.45, 7) is 4.35. The Kier molecular flexibility index (Phi) is 5.37. The van der Waals surface area contributed by atoms with Crippen molar-refractivity contribution in [1.29, 1.82) is 0 Å². The maximum Gasteiger partial charge on any atom is 0.244 e. The largest absolute Gasteiger partial charge is 0.379 e. The molecule has 2 amide bonds.